The summed E-state index contributed by atoms with van der Waals surface area (Å²) in [5, 5.41) is 15.2. The van der Waals surface area contributed by atoms with E-state index in [0.29, 0.717) is 35.9 Å². The maximum absolute atomic E-state index is 13.8. The lowest BCUT2D eigenvalue weighted by Gasteiger charge is -2.33. The van der Waals surface area contributed by atoms with E-state index in [4.69, 9.17) is 8.92 Å². The van der Waals surface area contributed by atoms with Crippen molar-refractivity contribution in [2.75, 3.05) is 0 Å². The monoisotopic (exact) mass is 777 g/mol. The van der Waals surface area contributed by atoms with Crippen LogP contribution in [0, 0.1) is 12.3 Å². The highest BCUT2D eigenvalue weighted by Crippen LogP contribution is 2.40. The molecule has 55 heavy (non-hydrogen) atoms. The zero-order chi connectivity index (χ0) is 40.4. The van der Waals surface area contributed by atoms with Crippen molar-refractivity contribution in [3.63, 3.8) is 0 Å². The average Bonchev–Trinajstić information content (AvgIpc) is 3.70. The number of unbranched alkanes of at least 4 members (excludes halogenated alkanes) is 7. The molecule has 304 valence electrons. The van der Waals surface area contributed by atoms with Gasteiger partial charge in [-0.1, -0.05) is 143 Å². The van der Waals surface area contributed by atoms with Crippen molar-refractivity contribution in [1.29, 1.82) is 0 Å². The number of aromatic amines is 1. The molecule has 2 aromatic carbocycles. The van der Waals surface area contributed by atoms with Gasteiger partial charge in [0, 0.05) is 23.7 Å². The summed E-state index contributed by atoms with van der Waals surface area (Å²) in [5.74, 6) is 1.08. The molecule has 10 nitrogen and oxygen atoms in total. The summed E-state index contributed by atoms with van der Waals surface area (Å²) < 4.78 is 31.4. The number of nitrogens with zero attached hydrogens (tertiary/aromatic N) is 3. The number of rotatable bonds is 21. The van der Waals surface area contributed by atoms with Crippen LogP contribution in [0.4, 0.5) is 0 Å². The standard InChI is InChI=1S/C44H68N6O4S/c1-12-13-14-15-16-17-18-19-20-36(41(51)45-29-33-23-21-31(2)22-24-33)53-35-26-25-34(44(10,11)30-42(4,5)6)27-37(35)54-55(52)49-32(3)40-47-46-39-28-38(43(7,8)9)48-50(39)40/h21-28,32,36,48-49H,12-20,29-30H2,1-11H3,(H,45,51). The molecule has 0 aliphatic carbocycles. The van der Waals surface area contributed by atoms with Crippen molar-refractivity contribution in [3.05, 3.63) is 76.7 Å². The maximum Gasteiger partial charge on any atom is 0.288 e. The lowest BCUT2D eigenvalue weighted by atomic mass is 9.72. The Morgan fingerprint density at radius 1 is 0.873 bits per heavy atom. The first-order chi connectivity index (χ1) is 25.9. The Morgan fingerprint density at radius 3 is 2.16 bits per heavy atom. The Hall–Kier alpha value is -3.70. The van der Waals surface area contributed by atoms with E-state index in [1.54, 1.807) is 0 Å². The summed E-state index contributed by atoms with van der Waals surface area (Å²) in [6.45, 7) is 24.0. The molecule has 3 N–H and O–H groups in total. The number of hydrogen-bond acceptors (Lipinski definition) is 6. The summed E-state index contributed by atoms with van der Waals surface area (Å²) in [5.41, 5.74) is 4.67. The summed E-state index contributed by atoms with van der Waals surface area (Å²) in [6.07, 6.45) is 9.97. The molecule has 0 fully saturated rings. The van der Waals surface area contributed by atoms with Gasteiger partial charge in [0.05, 0.1) is 6.04 Å². The van der Waals surface area contributed by atoms with Crippen molar-refractivity contribution in [2.45, 2.75) is 170 Å². The normalized spacial score (nSPS) is 14.2. The van der Waals surface area contributed by atoms with Gasteiger partial charge in [0.25, 0.3) is 17.2 Å². The first-order valence-corrected chi connectivity index (χ1v) is 21.4. The van der Waals surface area contributed by atoms with Gasteiger partial charge in [-0.25, -0.2) is 4.52 Å². The van der Waals surface area contributed by atoms with Crippen molar-refractivity contribution < 1.29 is 17.9 Å². The van der Waals surface area contributed by atoms with Crippen LogP contribution in [0.5, 0.6) is 11.5 Å². The highest BCUT2D eigenvalue weighted by atomic mass is 32.2. The number of nitrogens with one attached hydrogen (secondary N) is 3. The summed E-state index contributed by atoms with van der Waals surface area (Å²) in [7, 11) is 0. The number of fused-ring (bicyclic) bond motifs is 1. The van der Waals surface area contributed by atoms with Gasteiger partial charge in [-0.15, -0.1) is 10.2 Å². The van der Waals surface area contributed by atoms with Crippen LogP contribution in [0.15, 0.2) is 48.5 Å². The van der Waals surface area contributed by atoms with Gasteiger partial charge < -0.3 is 14.2 Å². The van der Waals surface area contributed by atoms with Crippen molar-refractivity contribution in [3.8, 4) is 11.5 Å². The van der Waals surface area contributed by atoms with Crippen molar-refractivity contribution >= 4 is 22.8 Å². The predicted octanol–water partition coefficient (Wildman–Crippen LogP) is 10.3. The molecule has 4 aromatic rings. The largest absolute Gasteiger partial charge is 0.477 e. The van der Waals surface area contributed by atoms with Gasteiger partial charge in [0.15, 0.2) is 29.1 Å². The molecule has 4 rings (SSSR count). The second kappa shape index (κ2) is 19.4. The van der Waals surface area contributed by atoms with E-state index in [1.165, 1.54) is 37.7 Å². The quantitative estimate of drug-likeness (QED) is 0.0724. The first-order valence-electron chi connectivity index (χ1n) is 20.3. The molecule has 3 unspecified atom stereocenters. The lowest BCUT2D eigenvalue weighted by molar-refractivity contribution is -0.128. The third-order valence-corrected chi connectivity index (χ3v) is 10.9. The zero-order valence-electron chi connectivity index (χ0n) is 35.4. The Bertz CT molecular complexity index is 1830. The molecule has 0 spiro atoms. The number of carbonyl (C=O) groups is 1. The highest BCUT2D eigenvalue weighted by molar-refractivity contribution is 7.78. The third-order valence-electron chi connectivity index (χ3n) is 10.0. The highest BCUT2D eigenvalue weighted by Gasteiger charge is 2.30. The van der Waals surface area contributed by atoms with E-state index in [-0.39, 0.29) is 22.2 Å². The molecule has 0 aliphatic rings. The molecule has 2 aromatic heterocycles. The van der Waals surface area contributed by atoms with E-state index in [9.17, 15) is 9.00 Å². The predicted molar refractivity (Wildman–Crippen MR) is 225 cm³/mol. The molecule has 0 radical (unpaired) electrons. The molecule has 1 amide bonds. The summed E-state index contributed by atoms with van der Waals surface area (Å²) in [6, 6.07) is 15.5. The van der Waals surface area contributed by atoms with Crippen LogP contribution >= 0.6 is 0 Å². The van der Waals surface area contributed by atoms with Gasteiger partial charge in [-0.05, 0) is 67.2 Å². The Labute approximate surface area is 333 Å². The number of hydrogen-bond donors (Lipinski definition) is 3. The van der Waals surface area contributed by atoms with E-state index >= 15 is 0 Å². The number of amides is 1. The molecule has 3 atom stereocenters. The van der Waals surface area contributed by atoms with E-state index in [0.717, 1.165) is 42.5 Å². The second-order valence-corrected chi connectivity index (χ2v) is 19.1. The van der Waals surface area contributed by atoms with Gasteiger partial charge in [-0.2, -0.15) is 8.93 Å². The molecular formula is C44H68N6O4S. The Kier molecular flexibility index (Phi) is 15.6. The molecule has 2 heterocycles. The molecule has 0 bridgehead atoms. The SMILES string of the molecule is CCCCCCCCCCC(Oc1ccc(C(C)(C)CC(C)(C)C)cc1OS(=O)NC(C)c1nnc2cc(C(C)(C)C)[nH]n12)C(=O)NCc1ccc(C)cc1. The molecule has 0 saturated carbocycles. The van der Waals surface area contributed by atoms with E-state index in [1.807, 2.05) is 66.9 Å². The first kappa shape index (κ1) is 44.0. The van der Waals surface area contributed by atoms with Gasteiger partial charge in [0.1, 0.15) is 0 Å². The maximum atomic E-state index is 13.8. The average molecular weight is 777 g/mol. The third kappa shape index (κ3) is 13.5. The molecular weight excluding hydrogens is 709 g/mol. The van der Waals surface area contributed by atoms with Gasteiger partial charge in [-0.3, -0.25) is 9.89 Å². The van der Waals surface area contributed by atoms with E-state index in [2.05, 4.69) is 87.6 Å². The molecule has 0 saturated heterocycles. The van der Waals surface area contributed by atoms with Gasteiger partial charge >= 0.3 is 0 Å². The summed E-state index contributed by atoms with van der Waals surface area (Å²) in [4.78, 5) is 13.8. The minimum absolute atomic E-state index is 0.0738. The van der Waals surface area contributed by atoms with Crippen LogP contribution in [-0.2, 0) is 33.4 Å². The van der Waals surface area contributed by atoms with Gasteiger partial charge in [0.2, 0.25) is 0 Å². The number of aryl methyl sites for hydroxylation is 1. The number of ether oxygens (including phenoxy) is 1. The fourth-order valence-electron chi connectivity index (χ4n) is 7.15. The van der Waals surface area contributed by atoms with Crippen LogP contribution in [0.2, 0.25) is 0 Å². The van der Waals surface area contributed by atoms with Crippen LogP contribution in [0.3, 0.4) is 0 Å². The summed E-state index contributed by atoms with van der Waals surface area (Å²) >= 11 is -2.00. The zero-order valence-corrected chi connectivity index (χ0v) is 36.3. The molecule has 11 heteroatoms. The number of benzene rings is 2. The fourth-order valence-corrected chi connectivity index (χ4v) is 7.89. The number of aromatic nitrogens is 4. The van der Waals surface area contributed by atoms with Crippen LogP contribution < -0.4 is 19.0 Å². The van der Waals surface area contributed by atoms with E-state index < -0.39 is 23.4 Å². The smallest absolute Gasteiger partial charge is 0.288 e. The van der Waals surface area contributed by atoms with Crippen molar-refractivity contribution in [1.82, 2.24) is 29.9 Å². The topological polar surface area (TPSA) is 123 Å². The second-order valence-electron chi connectivity index (χ2n) is 18.2. The minimum atomic E-state index is -2.00. The lowest BCUT2D eigenvalue weighted by Crippen LogP contribution is -2.38. The molecule has 0 aliphatic heterocycles. The number of H-pyrrole nitrogens is 1. The van der Waals surface area contributed by atoms with Crippen molar-refractivity contribution in [2.24, 2.45) is 5.41 Å². The Balaban J connectivity index is 1.57. The van der Waals surface area contributed by atoms with Crippen LogP contribution in [-0.4, -0.2) is 36.0 Å². The number of carbonyl (C=O) groups excluding carboxylic acids is 1. The minimum Gasteiger partial charge on any atom is -0.477 e. The van der Waals surface area contributed by atoms with Crippen LogP contribution in [0.25, 0.3) is 5.65 Å². The van der Waals surface area contributed by atoms with Crippen LogP contribution in [0.1, 0.15) is 168 Å². The fraction of sp³-hybridized carbons (Fsp3) is 0.614. The Morgan fingerprint density at radius 2 is 1.53 bits per heavy atom.